The molecule has 0 aliphatic heterocycles. The zero-order valence-electron chi connectivity index (χ0n) is 24.1. The van der Waals surface area contributed by atoms with Crippen molar-refractivity contribution >= 4 is 33.2 Å². The summed E-state index contributed by atoms with van der Waals surface area (Å²) >= 11 is 0. The zero-order chi connectivity index (χ0) is 30.9. The molecule has 0 saturated carbocycles. The number of carbonyl (C=O) groups excluding carboxylic acids is 2. The predicted octanol–water partition coefficient (Wildman–Crippen LogP) is 3.84. The lowest BCUT2D eigenvalue weighted by molar-refractivity contribution is -0.384. The number of benzene rings is 3. The van der Waals surface area contributed by atoms with Gasteiger partial charge < -0.3 is 15.0 Å². The second-order valence-electron chi connectivity index (χ2n) is 9.89. The topological polar surface area (TPSA) is 139 Å². The van der Waals surface area contributed by atoms with Gasteiger partial charge in [0.1, 0.15) is 24.0 Å². The molecule has 0 spiro atoms. The molecular weight excluding hydrogens is 560 g/mol. The largest absolute Gasteiger partial charge is 0.495 e. The molecule has 1 unspecified atom stereocenters. The van der Waals surface area contributed by atoms with Crippen LogP contribution in [0.4, 0.5) is 11.4 Å². The van der Waals surface area contributed by atoms with Crippen LogP contribution >= 0.6 is 0 Å². The molecule has 0 saturated heterocycles. The van der Waals surface area contributed by atoms with Crippen LogP contribution in [0.5, 0.6) is 5.75 Å². The van der Waals surface area contributed by atoms with E-state index in [1.807, 2.05) is 68.4 Å². The van der Waals surface area contributed by atoms with Crippen LogP contribution in [0.3, 0.4) is 0 Å². The van der Waals surface area contributed by atoms with Crippen LogP contribution in [0, 0.1) is 17.0 Å². The molecule has 1 atom stereocenters. The third-order valence-corrected chi connectivity index (χ3v) is 7.70. The highest BCUT2D eigenvalue weighted by Gasteiger charge is 2.34. The number of ether oxygens (including phenoxy) is 1. The van der Waals surface area contributed by atoms with Crippen molar-refractivity contribution in [3.63, 3.8) is 0 Å². The summed E-state index contributed by atoms with van der Waals surface area (Å²) in [6.45, 7) is 3.54. The number of amides is 2. The van der Waals surface area contributed by atoms with Crippen molar-refractivity contribution in [1.29, 1.82) is 0 Å². The van der Waals surface area contributed by atoms with Gasteiger partial charge in [-0.1, -0.05) is 67.1 Å². The summed E-state index contributed by atoms with van der Waals surface area (Å²) < 4.78 is 32.1. The van der Waals surface area contributed by atoms with Crippen molar-refractivity contribution in [2.45, 2.75) is 39.3 Å². The van der Waals surface area contributed by atoms with Gasteiger partial charge in [-0.2, -0.15) is 0 Å². The average molecular weight is 597 g/mol. The molecule has 3 aromatic rings. The van der Waals surface area contributed by atoms with Crippen molar-refractivity contribution < 1.29 is 27.7 Å². The average Bonchev–Trinajstić information content (AvgIpc) is 2.95. The van der Waals surface area contributed by atoms with Crippen LogP contribution in [0.2, 0.25) is 0 Å². The van der Waals surface area contributed by atoms with E-state index in [-0.39, 0.29) is 36.0 Å². The van der Waals surface area contributed by atoms with Gasteiger partial charge in [-0.3, -0.25) is 24.0 Å². The molecule has 3 rings (SSSR count). The number of methoxy groups -OCH3 is 1. The summed E-state index contributed by atoms with van der Waals surface area (Å²) in [6.07, 6.45) is 1.77. The quantitative estimate of drug-likeness (QED) is 0.220. The first kappa shape index (κ1) is 32.1. The summed E-state index contributed by atoms with van der Waals surface area (Å²) in [5.74, 6) is -1.01. The zero-order valence-corrected chi connectivity index (χ0v) is 25.0. The number of hydrogen-bond donors (Lipinski definition) is 1. The van der Waals surface area contributed by atoms with Crippen LogP contribution in [-0.4, -0.2) is 62.6 Å². The second-order valence-corrected chi connectivity index (χ2v) is 11.8. The van der Waals surface area contributed by atoms with Gasteiger partial charge in [0.2, 0.25) is 21.8 Å². The summed E-state index contributed by atoms with van der Waals surface area (Å²) in [7, 11) is -2.84. The molecule has 42 heavy (non-hydrogen) atoms. The summed E-state index contributed by atoms with van der Waals surface area (Å²) in [5, 5.41) is 14.4. The van der Waals surface area contributed by atoms with Crippen LogP contribution in [0.1, 0.15) is 30.0 Å². The predicted molar refractivity (Wildman–Crippen MR) is 161 cm³/mol. The van der Waals surface area contributed by atoms with E-state index in [1.165, 1.54) is 24.1 Å². The summed E-state index contributed by atoms with van der Waals surface area (Å²) in [4.78, 5) is 39.9. The highest BCUT2D eigenvalue weighted by Crippen LogP contribution is 2.34. The Morgan fingerprint density at radius 3 is 2.31 bits per heavy atom. The maximum absolute atomic E-state index is 14.2. The standard InChI is InChI=1S/C30H36N4O7S/c1-5-16-31-30(36)27(18-23-11-7-6-8-12-23)32(20-24-13-9-10-22(2)17-24)29(35)21-33(42(4,39)40)26-19-25(34(37)38)14-15-28(26)41-3/h6-15,17,19,27H,5,16,18,20-21H2,1-4H3,(H,31,36). The maximum Gasteiger partial charge on any atom is 0.271 e. The number of aryl methyl sites for hydroxylation is 1. The van der Waals surface area contributed by atoms with Gasteiger partial charge >= 0.3 is 0 Å². The van der Waals surface area contributed by atoms with E-state index in [9.17, 15) is 28.1 Å². The van der Waals surface area contributed by atoms with Gasteiger partial charge in [-0.25, -0.2) is 8.42 Å². The maximum atomic E-state index is 14.2. The monoisotopic (exact) mass is 596 g/mol. The summed E-state index contributed by atoms with van der Waals surface area (Å²) in [6, 6.07) is 19.2. The molecule has 11 nitrogen and oxygen atoms in total. The third kappa shape index (κ3) is 8.53. The number of hydrogen-bond acceptors (Lipinski definition) is 7. The van der Waals surface area contributed by atoms with Gasteiger partial charge in [0.25, 0.3) is 5.69 Å². The number of carbonyl (C=O) groups is 2. The molecule has 0 fully saturated rings. The lowest BCUT2D eigenvalue weighted by atomic mass is 10.0. The number of nitro groups is 1. The van der Waals surface area contributed by atoms with Gasteiger partial charge in [-0.05, 0) is 30.5 Å². The van der Waals surface area contributed by atoms with Crippen LogP contribution in [0.25, 0.3) is 0 Å². The fourth-order valence-corrected chi connectivity index (χ4v) is 5.35. The molecule has 12 heteroatoms. The van der Waals surface area contributed by atoms with Gasteiger partial charge in [-0.15, -0.1) is 0 Å². The van der Waals surface area contributed by atoms with E-state index >= 15 is 0 Å². The first-order valence-corrected chi connectivity index (χ1v) is 15.3. The molecule has 1 N–H and O–H groups in total. The Kier molecular flexibility index (Phi) is 11.0. The SMILES string of the molecule is CCCNC(=O)C(Cc1ccccc1)N(Cc1cccc(C)c1)C(=O)CN(c1cc([N+](=O)[O-])ccc1OC)S(C)(=O)=O. The van der Waals surface area contributed by atoms with Crippen molar-refractivity contribution in [1.82, 2.24) is 10.2 Å². The highest BCUT2D eigenvalue weighted by molar-refractivity contribution is 7.92. The Morgan fingerprint density at radius 2 is 1.71 bits per heavy atom. The van der Waals surface area contributed by atoms with Crippen molar-refractivity contribution in [3.8, 4) is 5.75 Å². The fraction of sp³-hybridized carbons (Fsp3) is 0.333. The minimum absolute atomic E-state index is 0.0290. The Hall–Kier alpha value is -4.45. The van der Waals surface area contributed by atoms with Gasteiger partial charge in [0, 0.05) is 31.6 Å². The minimum Gasteiger partial charge on any atom is -0.495 e. The smallest absolute Gasteiger partial charge is 0.271 e. The molecule has 0 heterocycles. The highest BCUT2D eigenvalue weighted by atomic mass is 32.2. The van der Waals surface area contributed by atoms with Crippen molar-refractivity contribution in [3.05, 3.63) is 99.6 Å². The Balaban J connectivity index is 2.12. The molecule has 0 aromatic heterocycles. The third-order valence-electron chi connectivity index (χ3n) is 6.58. The van der Waals surface area contributed by atoms with E-state index in [0.29, 0.717) is 13.0 Å². The number of anilines is 1. The van der Waals surface area contributed by atoms with Gasteiger partial charge in [0.15, 0.2) is 0 Å². The number of nitrogens with zero attached hydrogens (tertiary/aromatic N) is 3. The normalized spacial score (nSPS) is 11.8. The van der Waals surface area contributed by atoms with E-state index < -0.39 is 33.4 Å². The van der Waals surface area contributed by atoms with Crippen LogP contribution in [0.15, 0.2) is 72.8 Å². The first-order valence-electron chi connectivity index (χ1n) is 13.4. The number of sulfonamides is 1. The Morgan fingerprint density at radius 1 is 1.02 bits per heavy atom. The van der Waals surface area contributed by atoms with Crippen LogP contribution < -0.4 is 14.4 Å². The number of non-ortho nitro benzene ring substituents is 1. The molecular formula is C30H36N4O7S. The van der Waals surface area contributed by atoms with Gasteiger partial charge in [0.05, 0.1) is 18.3 Å². The van der Waals surface area contributed by atoms with Crippen molar-refractivity contribution in [2.75, 3.05) is 30.8 Å². The molecule has 0 aliphatic carbocycles. The van der Waals surface area contributed by atoms with E-state index in [0.717, 1.165) is 33.3 Å². The molecule has 2 amide bonds. The Labute approximate surface area is 246 Å². The Bertz CT molecular complexity index is 1510. The van der Waals surface area contributed by atoms with Crippen LogP contribution in [-0.2, 0) is 32.6 Å². The molecule has 0 bridgehead atoms. The lowest BCUT2D eigenvalue weighted by Crippen LogP contribution is -2.53. The molecule has 0 aliphatic rings. The fourth-order valence-electron chi connectivity index (χ4n) is 4.51. The van der Waals surface area contributed by atoms with E-state index in [1.54, 1.807) is 0 Å². The lowest BCUT2D eigenvalue weighted by Gasteiger charge is -2.33. The second kappa shape index (κ2) is 14.4. The van der Waals surface area contributed by atoms with E-state index in [2.05, 4.69) is 5.32 Å². The molecule has 0 radical (unpaired) electrons. The van der Waals surface area contributed by atoms with Crippen molar-refractivity contribution in [2.24, 2.45) is 0 Å². The number of rotatable bonds is 14. The minimum atomic E-state index is -4.14. The first-order chi connectivity index (χ1) is 19.9. The number of nitrogens with one attached hydrogen (secondary N) is 1. The molecule has 224 valence electrons. The number of nitro benzene ring substituents is 1. The summed E-state index contributed by atoms with van der Waals surface area (Å²) in [5.41, 5.74) is 1.99. The van der Waals surface area contributed by atoms with E-state index in [4.69, 9.17) is 4.74 Å². The molecule has 3 aromatic carbocycles.